The predicted octanol–water partition coefficient (Wildman–Crippen LogP) is 3.38. The molecule has 0 amide bonds. The molecule has 0 aromatic carbocycles. The summed E-state index contributed by atoms with van der Waals surface area (Å²) in [6.07, 6.45) is 3.46. The Labute approximate surface area is 122 Å². The zero-order chi connectivity index (χ0) is 15.2. The van der Waals surface area contributed by atoms with E-state index >= 15 is 0 Å². The Bertz CT molecular complexity index is 373. The Morgan fingerprint density at radius 2 is 1.60 bits per heavy atom. The van der Waals surface area contributed by atoms with Gasteiger partial charge in [-0.1, -0.05) is 13.8 Å². The maximum atomic E-state index is 6.18. The van der Waals surface area contributed by atoms with Gasteiger partial charge in [-0.05, 0) is 40.7 Å². The summed E-state index contributed by atoms with van der Waals surface area (Å²) in [5, 5.41) is 0. The van der Waals surface area contributed by atoms with E-state index in [9.17, 15) is 0 Å². The minimum atomic E-state index is -0.318. The summed E-state index contributed by atoms with van der Waals surface area (Å²) in [6, 6.07) is 0. The normalized spacial score (nSPS) is 34.0. The predicted molar refractivity (Wildman–Crippen MR) is 79.3 cm³/mol. The molecular formula is C15H27BO4. The SMILES string of the molecule is CCO[C@@H]1OC=C[C@H](B2OC(C)(C)C(C)(C)O2)C1(C)C. The number of ether oxygens (including phenoxy) is 2. The molecule has 2 rings (SSSR count). The van der Waals surface area contributed by atoms with Gasteiger partial charge < -0.3 is 18.8 Å². The molecule has 0 spiro atoms. The molecule has 0 aromatic heterocycles. The van der Waals surface area contributed by atoms with Gasteiger partial charge >= 0.3 is 7.12 Å². The average molecular weight is 282 g/mol. The molecule has 2 atom stereocenters. The summed E-state index contributed by atoms with van der Waals surface area (Å²) >= 11 is 0. The zero-order valence-electron chi connectivity index (χ0n) is 13.7. The first-order valence-corrected chi connectivity index (χ1v) is 7.41. The third kappa shape index (κ3) is 2.51. The van der Waals surface area contributed by atoms with E-state index in [4.69, 9.17) is 18.8 Å². The highest BCUT2D eigenvalue weighted by atomic mass is 16.7. The molecule has 0 unspecified atom stereocenters. The summed E-state index contributed by atoms with van der Waals surface area (Å²) in [5.41, 5.74) is -0.853. The van der Waals surface area contributed by atoms with E-state index in [0.717, 1.165) is 0 Å². The fourth-order valence-corrected chi connectivity index (χ4v) is 2.66. The summed E-state index contributed by atoms with van der Waals surface area (Å²) < 4.78 is 23.7. The van der Waals surface area contributed by atoms with Crippen LogP contribution in [0.25, 0.3) is 0 Å². The average Bonchev–Trinajstić information content (AvgIpc) is 2.50. The van der Waals surface area contributed by atoms with Crippen LogP contribution >= 0.6 is 0 Å². The first kappa shape index (κ1) is 15.9. The van der Waals surface area contributed by atoms with Crippen LogP contribution in [0.2, 0.25) is 5.82 Å². The molecule has 0 aliphatic carbocycles. The van der Waals surface area contributed by atoms with E-state index in [1.165, 1.54) is 0 Å². The Hall–Kier alpha value is -0.515. The van der Waals surface area contributed by atoms with Crippen LogP contribution in [0.4, 0.5) is 0 Å². The lowest BCUT2D eigenvalue weighted by Gasteiger charge is -2.41. The highest BCUT2D eigenvalue weighted by molar-refractivity contribution is 6.48. The van der Waals surface area contributed by atoms with Crippen LogP contribution in [-0.2, 0) is 18.8 Å². The molecule has 20 heavy (non-hydrogen) atoms. The second-order valence-electron chi connectivity index (χ2n) is 7.22. The third-order valence-corrected chi connectivity index (χ3v) is 4.84. The van der Waals surface area contributed by atoms with E-state index in [2.05, 4.69) is 41.5 Å². The van der Waals surface area contributed by atoms with E-state index in [0.29, 0.717) is 6.61 Å². The van der Waals surface area contributed by atoms with Crippen LogP contribution in [0, 0.1) is 5.41 Å². The van der Waals surface area contributed by atoms with Crippen molar-refractivity contribution in [1.29, 1.82) is 0 Å². The van der Waals surface area contributed by atoms with Crippen molar-refractivity contribution in [3.63, 3.8) is 0 Å². The molecule has 0 bridgehead atoms. The molecule has 0 radical (unpaired) electrons. The Kier molecular flexibility index (Phi) is 4.00. The summed E-state index contributed by atoms with van der Waals surface area (Å²) in [7, 11) is -0.280. The van der Waals surface area contributed by atoms with Gasteiger partial charge in [0, 0.05) is 17.8 Å². The molecule has 0 N–H and O–H groups in total. The van der Waals surface area contributed by atoms with Crippen LogP contribution in [0.15, 0.2) is 12.3 Å². The van der Waals surface area contributed by atoms with Crippen LogP contribution in [0.1, 0.15) is 48.5 Å². The van der Waals surface area contributed by atoms with Gasteiger partial charge in [0.2, 0.25) is 6.29 Å². The number of allylic oxidation sites excluding steroid dienone is 1. The van der Waals surface area contributed by atoms with Crippen molar-refractivity contribution in [2.45, 2.75) is 71.8 Å². The first-order valence-electron chi connectivity index (χ1n) is 7.41. The maximum absolute atomic E-state index is 6.18. The molecule has 4 nitrogen and oxygen atoms in total. The van der Waals surface area contributed by atoms with E-state index in [1.807, 2.05) is 13.0 Å². The Morgan fingerprint density at radius 3 is 2.10 bits per heavy atom. The number of rotatable bonds is 3. The molecule has 1 saturated heterocycles. The minimum Gasteiger partial charge on any atom is -0.472 e. The smallest absolute Gasteiger partial charge is 0.466 e. The van der Waals surface area contributed by atoms with Gasteiger partial charge in [-0.2, -0.15) is 0 Å². The number of hydrogen-bond acceptors (Lipinski definition) is 4. The molecule has 1 fully saturated rings. The summed E-state index contributed by atoms with van der Waals surface area (Å²) in [5.74, 6) is 0.0915. The molecule has 114 valence electrons. The Morgan fingerprint density at radius 1 is 1.05 bits per heavy atom. The molecule has 2 aliphatic rings. The van der Waals surface area contributed by atoms with Crippen molar-refractivity contribution in [3.05, 3.63) is 12.3 Å². The van der Waals surface area contributed by atoms with E-state index < -0.39 is 0 Å². The molecular weight excluding hydrogens is 255 g/mol. The van der Waals surface area contributed by atoms with Gasteiger partial charge in [-0.3, -0.25) is 0 Å². The van der Waals surface area contributed by atoms with Gasteiger partial charge in [-0.25, -0.2) is 0 Å². The van der Waals surface area contributed by atoms with Crippen LogP contribution in [0.5, 0.6) is 0 Å². The fraction of sp³-hybridized carbons (Fsp3) is 0.867. The van der Waals surface area contributed by atoms with Crippen molar-refractivity contribution >= 4 is 7.12 Å². The standard InChI is InChI=1S/C15H27BO4/c1-8-17-12-13(2,3)11(9-10-18-12)16-19-14(4,5)15(6,7)20-16/h9-12H,8H2,1-7H3/t11-,12+/m0/s1. The monoisotopic (exact) mass is 282 g/mol. The van der Waals surface area contributed by atoms with E-state index in [-0.39, 0.29) is 35.8 Å². The van der Waals surface area contributed by atoms with Gasteiger partial charge in [0.1, 0.15) is 0 Å². The second kappa shape index (κ2) is 5.04. The van der Waals surface area contributed by atoms with Gasteiger partial charge in [-0.15, -0.1) is 0 Å². The van der Waals surface area contributed by atoms with Gasteiger partial charge in [0.15, 0.2) is 0 Å². The molecule has 5 heteroatoms. The molecule has 2 aliphatic heterocycles. The van der Waals surface area contributed by atoms with Crippen molar-refractivity contribution in [2.75, 3.05) is 6.61 Å². The van der Waals surface area contributed by atoms with Gasteiger partial charge in [0.05, 0.1) is 17.5 Å². The van der Waals surface area contributed by atoms with Crippen LogP contribution in [0.3, 0.4) is 0 Å². The third-order valence-electron chi connectivity index (χ3n) is 4.84. The summed E-state index contributed by atoms with van der Waals surface area (Å²) in [6.45, 7) is 15.1. The first-order chi connectivity index (χ1) is 9.12. The highest BCUT2D eigenvalue weighted by Gasteiger charge is 2.58. The van der Waals surface area contributed by atoms with Crippen molar-refractivity contribution in [3.8, 4) is 0 Å². The fourth-order valence-electron chi connectivity index (χ4n) is 2.66. The lowest BCUT2D eigenvalue weighted by Crippen LogP contribution is -2.45. The largest absolute Gasteiger partial charge is 0.472 e. The van der Waals surface area contributed by atoms with Crippen LogP contribution in [-0.4, -0.2) is 31.2 Å². The van der Waals surface area contributed by atoms with Crippen molar-refractivity contribution < 1.29 is 18.8 Å². The minimum absolute atomic E-state index is 0.0915. The lowest BCUT2D eigenvalue weighted by atomic mass is 9.57. The van der Waals surface area contributed by atoms with Crippen molar-refractivity contribution in [2.24, 2.45) is 5.41 Å². The number of hydrogen-bond donors (Lipinski definition) is 0. The quantitative estimate of drug-likeness (QED) is 0.744. The zero-order valence-corrected chi connectivity index (χ0v) is 13.7. The van der Waals surface area contributed by atoms with E-state index in [1.54, 1.807) is 6.26 Å². The summed E-state index contributed by atoms with van der Waals surface area (Å²) in [4.78, 5) is 0. The van der Waals surface area contributed by atoms with Crippen LogP contribution < -0.4 is 0 Å². The molecule has 0 aromatic rings. The maximum Gasteiger partial charge on any atom is 0.466 e. The molecule has 2 heterocycles. The van der Waals surface area contributed by atoms with Gasteiger partial charge in [0.25, 0.3) is 0 Å². The Balaban J connectivity index is 2.21. The second-order valence-corrected chi connectivity index (χ2v) is 7.22. The topological polar surface area (TPSA) is 36.9 Å². The molecule has 0 saturated carbocycles. The van der Waals surface area contributed by atoms with Crippen molar-refractivity contribution in [1.82, 2.24) is 0 Å². The lowest BCUT2D eigenvalue weighted by molar-refractivity contribution is -0.174. The highest BCUT2D eigenvalue weighted by Crippen LogP contribution is 2.49.